The van der Waals surface area contributed by atoms with Crippen LogP contribution in [0.25, 0.3) is 0 Å². The molecule has 0 heterocycles. The topological polar surface area (TPSA) is 120 Å². The second kappa shape index (κ2) is 12.5. The molecule has 0 fully saturated rings. The van der Waals surface area contributed by atoms with Gasteiger partial charge in [0.25, 0.3) is 0 Å². The number of carbonyl (C=O) groups is 1. The number of benzene rings is 1. The van der Waals surface area contributed by atoms with Gasteiger partial charge >= 0.3 is 12.1 Å². The highest BCUT2D eigenvalue weighted by molar-refractivity contribution is 6.31. The van der Waals surface area contributed by atoms with Gasteiger partial charge in [-0.3, -0.25) is 0 Å². The van der Waals surface area contributed by atoms with E-state index in [1.54, 1.807) is 0 Å². The number of halogens is 5. The Labute approximate surface area is 210 Å². The van der Waals surface area contributed by atoms with Crippen LogP contribution in [0.2, 0.25) is 5.02 Å². The van der Waals surface area contributed by atoms with Crippen molar-refractivity contribution in [2.75, 3.05) is 7.11 Å². The second-order valence-electron chi connectivity index (χ2n) is 6.92. The number of aliphatic hydroxyl groups is 1. The fraction of sp³-hybridized carbons (Fsp3) is 0.217. The summed E-state index contributed by atoms with van der Waals surface area (Å²) < 4.78 is 52.3. The van der Waals surface area contributed by atoms with Crippen molar-refractivity contribution in [1.29, 1.82) is 0 Å². The quantitative estimate of drug-likeness (QED) is 0.0989. The zero-order valence-corrected chi connectivity index (χ0v) is 20.3. The highest BCUT2D eigenvalue weighted by atomic mass is 35.5. The predicted molar refractivity (Wildman–Crippen MR) is 130 cm³/mol. The van der Waals surface area contributed by atoms with E-state index in [1.165, 1.54) is 18.2 Å². The molecule has 1 aromatic carbocycles. The maximum atomic E-state index is 14.1. The first-order valence-electron chi connectivity index (χ1n) is 9.68. The number of aliphatic imine (C=N–C) groups is 1. The van der Waals surface area contributed by atoms with Crippen LogP contribution in [0.4, 0.5) is 13.2 Å². The minimum atomic E-state index is -5.14. The monoisotopic (exact) mass is 533 g/mol. The molecule has 0 amide bonds. The Kier molecular flexibility index (Phi) is 10.6. The molecule has 1 rings (SSSR count). The molecule has 0 aromatic heterocycles. The first kappa shape index (κ1) is 29.8. The Hall–Kier alpha value is -3.21. The van der Waals surface area contributed by atoms with E-state index in [1.807, 2.05) is 0 Å². The first-order valence-corrected chi connectivity index (χ1v) is 10.4. The average Bonchev–Trinajstić information content (AvgIpc) is 2.77. The second-order valence-corrected chi connectivity index (χ2v) is 7.77. The summed E-state index contributed by atoms with van der Waals surface area (Å²) >= 11 is 11.8. The molecule has 1 aromatic rings. The summed E-state index contributed by atoms with van der Waals surface area (Å²) in [7, 11) is 1.16. The van der Waals surface area contributed by atoms with Crippen molar-refractivity contribution in [3.63, 3.8) is 0 Å². The Bertz CT molecular complexity index is 1090. The minimum Gasteiger partial charge on any atom is -0.465 e. The summed E-state index contributed by atoms with van der Waals surface area (Å²) in [5.41, 5.74) is 6.50. The van der Waals surface area contributed by atoms with Crippen LogP contribution in [0.15, 0.2) is 83.0 Å². The zero-order chi connectivity index (χ0) is 27.0. The van der Waals surface area contributed by atoms with Crippen molar-refractivity contribution >= 4 is 35.4 Å². The molecule has 0 radical (unpaired) electrons. The molecule has 35 heavy (non-hydrogen) atoms. The standard InChI is InChI=1S/C23H24Cl2F3N3O4/c1-5-6-16(9-20(25)30)22(33,23(26,27)28)13(2)18-8-7-17(10-19(18)24)35-14(3)31-12-15(11-29)21(32)34-4/h5-13,33H,1,3,29-30H2,2,4H3/b15-11+,16-6+,20-9-,31-12?. The predicted octanol–water partition coefficient (Wildman–Crippen LogP) is 4.82. The van der Waals surface area contributed by atoms with E-state index in [9.17, 15) is 23.1 Å². The Morgan fingerprint density at radius 3 is 2.43 bits per heavy atom. The highest BCUT2D eigenvalue weighted by Crippen LogP contribution is 2.48. The van der Waals surface area contributed by atoms with Gasteiger partial charge < -0.3 is 26.0 Å². The summed E-state index contributed by atoms with van der Waals surface area (Å²) in [6, 6.07) is 3.76. The van der Waals surface area contributed by atoms with E-state index in [0.717, 1.165) is 44.7 Å². The minimum absolute atomic E-state index is 0.0523. The van der Waals surface area contributed by atoms with Gasteiger partial charge in [0.05, 0.1) is 17.8 Å². The first-order chi connectivity index (χ1) is 16.2. The van der Waals surface area contributed by atoms with Crippen molar-refractivity contribution in [3.05, 3.63) is 88.6 Å². The Balaban J connectivity index is 3.33. The van der Waals surface area contributed by atoms with Crippen molar-refractivity contribution in [3.8, 4) is 5.75 Å². The highest BCUT2D eigenvalue weighted by Gasteiger charge is 2.59. The average molecular weight is 534 g/mol. The van der Waals surface area contributed by atoms with Crippen LogP contribution in [0, 0.1) is 0 Å². The number of nitrogens with two attached hydrogens (primary N) is 2. The molecule has 0 spiro atoms. The lowest BCUT2D eigenvalue weighted by Crippen LogP contribution is -2.50. The number of methoxy groups -OCH3 is 1. The molecule has 190 valence electrons. The fourth-order valence-electron chi connectivity index (χ4n) is 2.95. The number of nitrogens with zero attached hydrogens (tertiary/aromatic N) is 1. The van der Waals surface area contributed by atoms with Crippen molar-refractivity contribution < 1.29 is 32.5 Å². The molecule has 2 atom stereocenters. The maximum absolute atomic E-state index is 14.1. The van der Waals surface area contributed by atoms with E-state index in [4.69, 9.17) is 39.4 Å². The molecule has 0 saturated heterocycles. The summed E-state index contributed by atoms with van der Waals surface area (Å²) in [5.74, 6) is -2.46. The van der Waals surface area contributed by atoms with Gasteiger partial charge in [-0.2, -0.15) is 13.2 Å². The third-order valence-electron chi connectivity index (χ3n) is 4.71. The molecule has 7 nitrogen and oxygen atoms in total. The van der Waals surface area contributed by atoms with E-state index >= 15 is 0 Å². The van der Waals surface area contributed by atoms with Crippen molar-refractivity contribution in [1.82, 2.24) is 0 Å². The van der Waals surface area contributed by atoms with Crippen LogP contribution >= 0.6 is 23.2 Å². The number of alkyl halides is 3. The summed E-state index contributed by atoms with van der Waals surface area (Å²) in [5, 5.41) is 10.3. The number of rotatable bonds is 10. The lowest BCUT2D eigenvalue weighted by atomic mass is 9.77. The van der Waals surface area contributed by atoms with Gasteiger partial charge in [0.2, 0.25) is 5.88 Å². The van der Waals surface area contributed by atoms with Crippen molar-refractivity contribution in [2.24, 2.45) is 16.5 Å². The van der Waals surface area contributed by atoms with Gasteiger partial charge in [-0.05, 0) is 35.9 Å². The van der Waals surface area contributed by atoms with Crippen LogP contribution in [0.1, 0.15) is 18.4 Å². The van der Waals surface area contributed by atoms with E-state index in [2.05, 4.69) is 22.9 Å². The Morgan fingerprint density at radius 1 is 1.34 bits per heavy atom. The van der Waals surface area contributed by atoms with Gasteiger partial charge in [-0.15, -0.1) is 0 Å². The number of hydrogen-bond acceptors (Lipinski definition) is 7. The van der Waals surface area contributed by atoms with Crippen LogP contribution in [0.5, 0.6) is 5.75 Å². The van der Waals surface area contributed by atoms with Gasteiger partial charge in [0.1, 0.15) is 5.75 Å². The Morgan fingerprint density at radius 2 is 1.97 bits per heavy atom. The summed E-state index contributed by atoms with van der Waals surface area (Å²) in [6.07, 6.45) is -0.312. The lowest BCUT2D eigenvalue weighted by Gasteiger charge is -2.37. The van der Waals surface area contributed by atoms with E-state index < -0.39 is 34.4 Å². The number of esters is 1. The fourth-order valence-corrected chi connectivity index (χ4v) is 3.40. The SMILES string of the molecule is C=C/C=C(\C=C(/N)Cl)C(O)(C(C)c1ccc(OC(=C)N=C/C(=C\N)C(=O)OC)cc1Cl)C(F)(F)F. The molecule has 0 bridgehead atoms. The van der Waals surface area contributed by atoms with Crippen LogP contribution in [-0.2, 0) is 9.53 Å². The molecular formula is C23H24Cl2F3N3O4. The number of ether oxygens (including phenoxy) is 2. The van der Waals surface area contributed by atoms with Crippen LogP contribution in [-0.4, -0.2) is 36.2 Å². The molecule has 12 heteroatoms. The number of carbonyl (C=O) groups excluding carboxylic acids is 1. The van der Waals surface area contributed by atoms with Crippen LogP contribution in [0.3, 0.4) is 0 Å². The van der Waals surface area contributed by atoms with E-state index in [0.29, 0.717) is 0 Å². The molecule has 0 saturated carbocycles. The lowest BCUT2D eigenvalue weighted by molar-refractivity contribution is -0.250. The molecule has 2 unspecified atom stereocenters. The third-order valence-corrected chi connectivity index (χ3v) is 5.15. The molecule has 0 aliphatic heterocycles. The van der Waals surface area contributed by atoms with Gasteiger partial charge in [0, 0.05) is 23.4 Å². The smallest absolute Gasteiger partial charge is 0.422 e. The summed E-state index contributed by atoms with van der Waals surface area (Å²) in [6.45, 7) is 8.06. The number of allylic oxidation sites excluding steroid dienone is 2. The maximum Gasteiger partial charge on any atom is 0.422 e. The third kappa shape index (κ3) is 7.38. The summed E-state index contributed by atoms with van der Waals surface area (Å²) in [4.78, 5) is 15.3. The zero-order valence-electron chi connectivity index (χ0n) is 18.8. The van der Waals surface area contributed by atoms with E-state index in [-0.39, 0.29) is 27.8 Å². The number of hydrogen-bond donors (Lipinski definition) is 3. The molecule has 0 aliphatic carbocycles. The largest absolute Gasteiger partial charge is 0.465 e. The molecule has 0 aliphatic rings. The van der Waals surface area contributed by atoms with Gasteiger partial charge in [-0.25, -0.2) is 9.79 Å². The normalized spacial score (nSPS) is 15.9. The molecular weight excluding hydrogens is 510 g/mol. The molecule has 5 N–H and O–H groups in total. The van der Waals surface area contributed by atoms with Gasteiger partial charge in [-0.1, -0.05) is 54.9 Å². The van der Waals surface area contributed by atoms with Crippen molar-refractivity contribution in [2.45, 2.75) is 24.6 Å². The van der Waals surface area contributed by atoms with Crippen LogP contribution < -0.4 is 16.2 Å². The van der Waals surface area contributed by atoms with Gasteiger partial charge in [0.15, 0.2) is 5.60 Å².